The molecule has 0 aromatic heterocycles. The first-order valence-electron chi connectivity index (χ1n) is 9.38. The van der Waals surface area contributed by atoms with E-state index in [1.807, 2.05) is 19.1 Å². The van der Waals surface area contributed by atoms with E-state index in [2.05, 4.69) is 28.4 Å². The van der Waals surface area contributed by atoms with E-state index in [-0.39, 0.29) is 5.56 Å². The monoisotopic (exact) mass is 422 g/mol. The summed E-state index contributed by atoms with van der Waals surface area (Å²) in [4.78, 5) is 0. The number of benzene rings is 3. The zero-order valence-corrected chi connectivity index (χ0v) is 17.1. The molecule has 0 heterocycles. The maximum atomic E-state index is 13.7. The van der Waals surface area contributed by atoms with Crippen molar-refractivity contribution in [3.63, 3.8) is 0 Å². The van der Waals surface area contributed by atoms with Gasteiger partial charge in [-0.3, -0.25) is 0 Å². The predicted molar refractivity (Wildman–Crippen MR) is 112 cm³/mol. The van der Waals surface area contributed by atoms with E-state index in [1.165, 1.54) is 12.1 Å². The van der Waals surface area contributed by atoms with E-state index in [9.17, 15) is 17.6 Å². The maximum absolute atomic E-state index is 13.7. The van der Waals surface area contributed by atoms with Crippen LogP contribution in [0.1, 0.15) is 38.9 Å². The molecule has 0 bridgehead atoms. The van der Waals surface area contributed by atoms with Crippen molar-refractivity contribution in [1.29, 1.82) is 0 Å². The standard InChI is InChI=1S/C26H18F4O/c1-17-4-7-20(8-5-17)12-13-23-19(3)14-22(16-25(23)31-26(28,29)30)11-10-21-9-6-18(2)24(27)15-21/h4-9,14-16H,1-3H3. The zero-order valence-electron chi connectivity index (χ0n) is 17.1. The van der Waals surface area contributed by atoms with Gasteiger partial charge in [0, 0.05) is 16.7 Å². The van der Waals surface area contributed by atoms with Gasteiger partial charge in [-0.1, -0.05) is 47.4 Å². The van der Waals surface area contributed by atoms with Crippen molar-refractivity contribution in [3.05, 3.63) is 99.4 Å². The Kier molecular flexibility index (Phi) is 6.37. The summed E-state index contributed by atoms with van der Waals surface area (Å²) in [5.74, 6) is 10.4. The Balaban J connectivity index is 2.02. The molecule has 0 amide bonds. The highest BCUT2D eigenvalue weighted by atomic mass is 19.4. The van der Waals surface area contributed by atoms with Gasteiger partial charge in [-0.15, -0.1) is 13.2 Å². The van der Waals surface area contributed by atoms with Crippen LogP contribution in [0.5, 0.6) is 5.75 Å². The highest BCUT2D eigenvalue weighted by Crippen LogP contribution is 2.29. The minimum absolute atomic E-state index is 0.129. The third-order valence-corrected chi connectivity index (χ3v) is 4.43. The summed E-state index contributed by atoms with van der Waals surface area (Å²) in [6.07, 6.45) is -4.88. The van der Waals surface area contributed by atoms with E-state index in [0.29, 0.717) is 27.8 Å². The molecule has 3 rings (SSSR count). The van der Waals surface area contributed by atoms with Gasteiger partial charge < -0.3 is 4.74 Å². The maximum Gasteiger partial charge on any atom is 0.573 e. The molecule has 0 unspecified atom stereocenters. The van der Waals surface area contributed by atoms with Crippen LogP contribution in [0.3, 0.4) is 0 Å². The summed E-state index contributed by atoms with van der Waals surface area (Å²) in [6, 6.07) is 14.7. The molecule has 1 nitrogen and oxygen atoms in total. The lowest BCUT2D eigenvalue weighted by molar-refractivity contribution is -0.274. The molecule has 31 heavy (non-hydrogen) atoms. The van der Waals surface area contributed by atoms with Gasteiger partial charge in [0.2, 0.25) is 0 Å². The van der Waals surface area contributed by atoms with Crippen LogP contribution >= 0.6 is 0 Å². The van der Waals surface area contributed by atoms with Crippen molar-refractivity contribution in [2.24, 2.45) is 0 Å². The summed E-state index contributed by atoms with van der Waals surface area (Å²) < 4.78 is 56.8. The Bertz CT molecular complexity index is 1230. The number of hydrogen-bond donors (Lipinski definition) is 0. The van der Waals surface area contributed by atoms with Gasteiger partial charge in [0.15, 0.2) is 0 Å². The smallest absolute Gasteiger partial charge is 0.404 e. The molecule has 0 N–H and O–H groups in total. The Morgan fingerprint density at radius 1 is 0.677 bits per heavy atom. The van der Waals surface area contributed by atoms with Gasteiger partial charge in [-0.2, -0.15) is 0 Å². The van der Waals surface area contributed by atoms with Crippen LogP contribution < -0.4 is 4.74 Å². The van der Waals surface area contributed by atoms with Gasteiger partial charge in [0.25, 0.3) is 0 Å². The highest BCUT2D eigenvalue weighted by molar-refractivity contribution is 5.58. The molecule has 0 radical (unpaired) electrons. The van der Waals surface area contributed by atoms with Gasteiger partial charge in [-0.05, 0) is 68.3 Å². The second-order valence-electron chi connectivity index (χ2n) is 7.04. The Morgan fingerprint density at radius 2 is 1.29 bits per heavy atom. The van der Waals surface area contributed by atoms with Gasteiger partial charge in [0.05, 0.1) is 5.56 Å². The van der Waals surface area contributed by atoms with Crippen LogP contribution in [0.2, 0.25) is 0 Å². The summed E-state index contributed by atoms with van der Waals surface area (Å²) in [7, 11) is 0. The number of rotatable bonds is 1. The zero-order chi connectivity index (χ0) is 22.6. The van der Waals surface area contributed by atoms with Gasteiger partial charge in [-0.25, -0.2) is 4.39 Å². The normalized spacial score (nSPS) is 10.5. The minimum Gasteiger partial charge on any atom is -0.404 e. The molecule has 156 valence electrons. The predicted octanol–water partition coefficient (Wildman–Crippen LogP) is 6.45. The average molecular weight is 422 g/mol. The molecule has 3 aromatic rings. The summed E-state index contributed by atoms with van der Waals surface area (Å²) in [5.41, 5.74) is 3.55. The third kappa shape index (κ3) is 6.14. The molecule has 0 atom stereocenters. The Labute approximate surface area is 178 Å². The van der Waals surface area contributed by atoms with Gasteiger partial charge >= 0.3 is 6.36 Å². The van der Waals surface area contributed by atoms with Crippen molar-refractivity contribution in [3.8, 4) is 29.4 Å². The molecule has 0 fully saturated rings. The number of aryl methyl sites for hydroxylation is 3. The molecular formula is C26H18F4O. The summed E-state index contributed by atoms with van der Waals surface area (Å²) in [6.45, 7) is 5.20. The molecule has 3 aromatic carbocycles. The average Bonchev–Trinajstić information content (AvgIpc) is 2.68. The fourth-order valence-corrected chi connectivity index (χ4v) is 2.78. The van der Waals surface area contributed by atoms with Crippen molar-refractivity contribution in [2.45, 2.75) is 27.1 Å². The fraction of sp³-hybridized carbons (Fsp3) is 0.154. The van der Waals surface area contributed by atoms with E-state index in [4.69, 9.17) is 0 Å². The number of halogens is 4. The number of ether oxygens (including phenoxy) is 1. The fourth-order valence-electron chi connectivity index (χ4n) is 2.78. The lowest BCUT2D eigenvalue weighted by atomic mass is 10.0. The number of hydrogen-bond acceptors (Lipinski definition) is 1. The molecular weight excluding hydrogens is 404 g/mol. The van der Waals surface area contributed by atoms with Gasteiger partial charge in [0.1, 0.15) is 11.6 Å². The molecule has 5 heteroatoms. The van der Waals surface area contributed by atoms with Crippen molar-refractivity contribution in [2.75, 3.05) is 0 Å². The van der Waals surface area contributed by atoms with Crippen molar-refractivity contribution in [1.82, 2.24) is 0 Å². The first-order valence-corrected chi connectivity index (χ1v) is 9.38. The summed E-state index contributed by atoms with van der Waals surface area (Å²) >= 11 is 0. The topological polar surface area (TPSA) is 9.23 Å². The minimum atomic E-state index is -4.88. The molecule has 0 aliphatic carbocycles. The van der Waals surface area contributed by atoms with Crippen molar-refractivity contribution >= 4 is 0 Å². The first kappa shape index (κ1) is 22.0. The van der Waals surface area contributed by atoms with Crippen LogP contribution in [-0.2, 0) is 0 Å². The largest absolute Gasteiger partial charge is 0.573 e. The highest BCUT2D eigenvalue weighted by Gasteiger charge is 2.32. The lowest BCUT2D eigenvalue weighted by Crippen LogP contribution is -2.18. The van der Waals surface area contributed by atoms with Crippen LogP contribution in [0.15, 0.2) is 54.6 Å². The SMILES string of the molecule is Cc1ccc(C#Cc2c(C)cc(C#Cc3ccc(C)c(F)c3)cc2OC(F)(F)F)cc1. The van der Waals surface area contributed by atoms with E-state index in [1.54, 1.807) is 44.2 Å². The molecule has 0 saturated heterocycles. The Morgan fingerprint density at radius 3 is 1.94 bits per heavy atom. The molecule has 0 aliphatic heterocycles. The molecule has 0 spiro atoms. The molecule has 0 aliphatic rings. The quantitative estimate of drug-likeness (QED) is 0.324. The van der Waals surface area contributed by atoms with Crippen molar-refractivity contribution < 1.29 is 22.3 Å². The van der Waals surface area contributed by atoms with E-state index < -0.39 is 17.9 Å². The molecule has 0 saturated carbocycles. The second-order valence-corrected chi connectivity index (χ2v) is 7.04. The lowest BCUT2D eigenvalue weighted by Gasteiger charge is -2.13. The van der Waals surface area contributed by atoms with Crippen LogP contribution in [0.25, 0.3) is 0 Å². The van der Waals surface area contributed by atoms with Crippen LogP contribution in [-0.4, -0.2) is 6.36 Å². The number of alkyl halides is 3. The third-order valence-electron chi connectivity index (χ3n) is 4.43. The van der Waals surface area contributed by atoms with Crippen LogP contribution in [0.4, 0.5) is 17.6 Å². The summed E-state index contributed by atoms with van der Waals surface area (Å²) in [5, 5.41) is 0. The second kappa shape index (κ2) is 8.98. The van der Waals surface area contributed by atoms with E-state index >= 15 is 0 Å². The van der Waals surface area contributed by atoms with E-state index in [0.717, 1.165) is 5.56 Å². The Hall–Kier alpha value is -3.70. The van der Waals surface area contributed by atoms with Crippen LogP contribution in [0, 0.1) is 50.3 Å². The first-order chi connectivity index (χ1) is 14.6.